The highest BCUT2D eigenvalue weighted by Crippen LogP contribution is 2.20. The Hall–Kier alpha value is -1.52. The van der Waals surface area contributed by atoms with E-state index in [2.05, 4.69) is 10.2 Å². The fraction of sp³-hybridized carbons (Fsp3) is 0.556. The van der Waals surface area contributed by atoms with E-state index in [-0.39, 0.29) is 11.8 Å². The predicted molar refractivity (Wildman–Crippen MR) is 50.7 cm³/mol. The summed E-state index contributed by atoms with van der Waals surface area (Å²) in [5.74, 6) is -0.618. The maximum Gasteiger partial charge on any atom is 0.354 e. The second kappa shape index (κ2) is 4.13. The first-order valence-electron chi connectivity index (χ1n) is 4.53. The van der Waals surface area contributed by atoms with E-state index in [1.54, 1.807) is 0 Å². The molecule has 0 aliphatic rings. The van der Waals surface area contributed by atoms with Crippen LogP contribution >= 0.6 is 0 Å². The fourth-order valence-corrected chi connectivity index (χ4v) is 1.17. The zero-order valence-electron chi connectivity index (χ0n) is 8.50. The predicted octanol–water partition coefficient (Wildman–Crippen LogP) is 1.46. The summed E-state index contributed by atoms with van der Waals surface area (Å²) in [6.45, 7) is 5.60. The lowest BCUT2D eigenvalue weighted by Gasteiger charge is -2.07. The highest BCUT2D eigenvalue weighted by molar-refractivity contribution is 5.87. The molecule has 1 aromatic rings. The zero-order chi connectivity index (χ0) is 10.7. The van der Waals surface area contributed by atoms with Crippen LogP contribution in [0.2, 0.25) is 0 Å². The normalized spacial score (nSPS) is 10.6. The van der Waals surface area contributed by atoms with Crippen LogP contribution in [0.3, 0.4) is 0 Å². The van der Waals surface area contributed by atoms with Crippen LogP contribution in [0.1, 0.15) is 36.8 Å². The molecule has 0 unspecified atom stereocenters. The molecule has 0 fully saturated rings. The molecule has 0 saturated heterocycles. The highest BCUT2D eigenvalue weighted by atomic mass is 16.5. The molecule has 1 heterocycles. The van der Waals surface area contributed by atoms with Crippen LogP contribution in [0, 0.1) is 0 Å². The Balaban J connectivity index is 3.01. The lowest BCUT2D eigenvalue weighted by atomic mass is 10.2. The molecular formula is C9H14N2O3. The number of hydrogen-bond donors (Lipinski definition) is 2. The molecule has 1 rings (SSSR count). The average Bonchev–Trinajstić information content (AvgIpc) is 2.46. The van der Waals surface area contributed by atoms with Gasteiger partial charge in [-0.2, -0.15) is 0 Å². The molecule has 14 heavy (non-hydrogen) atoms. The Bertz CT molecular complexity index is 331. The minimum atomic E-state index is -1.01. The van der Waals surface area contributed by atoms with E-state index in [1.165, 1.54) is 0 Å². The third-order valence-corrected chi connectivity index (χ3v) is 1.74. The minimum absolute atomic E-state index is 0.00903. The lowest BCUT2D eigenvalue weighted by Crippen LogP contribution is -2.08. The number of carboxylic acid groups (broad SMARTS) is 1. The first-order chi connectivity index (χ1) is 6.56. The Morgan fingerprint density at radius 2 is 2.29 bits per heavy atom. The number of nitrogens with one attached hydrogen (secondary N) is 1. The smallest absolute Gasteiger partial charge is 0.354 e. The molecule has 0 spiro atoms. The summed E-state index contributed by atoms with van der Waals surface area (Å²) in [6, 6.07) is 0. The van der Waals surface area contributed by atoms with Crippen LogP contribution in [-0.4, -0.2) is 27.4 Å². The zero-order valence-corrected chi connectivity index (χ0v) is 8.50. The Labute approximate surface area is 82.1 Å². The lowest BCUT2D eigenvalue weighted by molar-refractivity contribution is 0.0689. The topological polar surface area (TPSA) is 75.2 Å². The molecule has 1 aromatic heterocycles. The minimum Gasteiger partial charge on any atom is -0.477 e. The number of aromatic carboxylic acids is 1. The van der Waals surface area contributed by atoms with Crippen LogP contribution in [0.4, 0.5) is 0 Å². The molecular weight excluding hydrogens is 184 g/mol. The maximum absolute atomic E-state index is 10.8. The first kappa shape index (κ1) is 10.6. The second-order valence-corrected chi connectivity index (χ2v) is 3.21. The largest absolute Gasteiger partial charge is 0.477 e. The fourth-order valence-electron chi connectivity index (χ4n) is 1.17. The Morgan fingerprint density at radius 1 is 1.64 bits per heavy atom. The summed E-state index contributed by atoms with van der Waals surface area (Å²) in [5, 5.41) is 15.1. The van der Waals surface area contributed by atoms with Gasteiger partial charge in [0.15, 0.2) is 0 Å². The van der Waals surface area contributed by atoms with Gasteiger partial charge >= 0.3 is 5.97 Å². The monoisotopic (exact) mass is 198 g/mol. The number of hydrogen-bond acceptors (Lipinski definition) is 3. The average molecular weight is 198 g/mol. The summed E-state index contributed by atoms with van der Waals surface area (Å²) < 4.78 is 5.36. The van der Waals surface area contributed by atoms with Crippen LogP contribution < -0.4 is 4.74 Å². The number of H-pyrrole nitrogens is 1. The molecule has 0 aliphatic carbocycles. The molecule has 0 aromatic carbocycles. The summed E-state index contributed by atoms with van der Waals surface area (Å²) in [5.41, 5.74) is 0.731. The molecule has 0 aliphatic heterocycles. The van der Waals surface area contributed by atoms with Crippen molar-refractivity contribution in [2.75, 3.05) is 0 Å². The number of nitrogens with zero attached hydrogens (tertiary/aromatic N) is 1. The molecule has 0 amide bonds. The van der Waals surface area contributed by atoms with E-state index >= 15 is 0 Å². The summed E-state index contributed by atoms with van der Waals surface area (Å²) in [6.07, 6.45) is 0.574. The SMILES string of the molecule is CCc1c(OC(C)C)n[nH]c1C(=O)O. The van der Waals surface area contributed by atoms with Crippen LogP contribution in [-0.2, 0) is 6.42 Å². The number of aromatic nitrogens is 2. The van der Waals surface area contributed by atoms with Gasteiger partial charge in [0.1, 0.15) is 5.69 Å². The van der Waals surface area contributed by atoms with Gasteiger partial charge < -0.3 is 9.84 Å². The van der Waals surface area contributed by atoms with Gasteiger partial charge in [-0.3, -0.25) is 5.10 Å². The van der Waals surface area contributed by atoms with E-state index < -0.39 is 5.97 Å². The van der Waals surface area contributed by atoms with Crippen molar-refractivity contribution >= 4 is 5.97 Å². The third kappa shape index (κ3) is 2.04. The van der Waals surface area contributed by atoms with Gasteiger partial charge in [-0.05, 0) is 20.3 Å². The molecule has 0 bridgehead atoms. The van der Waals surface area contributed by atoms with Crippen LogP contribution in [0.5, 0.6) is 5.88 Å². The molecule has 78 valence electrons. The number of carbonyl (C=O) groups is 1. The van der Waals surface area contributed by atoms with E-state index in [0.29, 0.717) is 17.9 Å². The van der Waals surface area contributed by atoms with Crippen molar-refractivity contribution in [2.24, 2.45) is 0 Å². The standard InChI is InChI=1S/C9H14N2O3/c1-4-6-7(9(12)13)10-11-8(6)14-5(2)3/h5H,4H2,1-3H3,(H,10,11)(H,12,13). The van der Waals surface area contributed by atoms with Gasteiger partial charge in [-0.1, -0.05) is 6.92 Å². The Kier molecular flexibility index (Phi) is 3.11. The second-order valence-electron chi connectivity index (χ2n) is 3.21. The van der Waals surface area contributed by atoms with Gasteiger partial charge in [0.05, 0.1) is 6.10 Å². The van der Waals surface area contributed by atoms with Crippen molar-refractivity contribution in [1.82, 2.24) is 10.2 Å². The molecule has 5 heteroatoms. The quantitative estimate of drug-likeness (QED) is 0.767. The third-order valence-electron chi connectivity index (χ3n) is 1.74. The van der Waals surface area contributed by atoms with Crippen molar-refractivity contribution in [2.45, 2.75) is 33.3 Å². The summed E-state index contributed by atoms with van der Waals surface area (Å²) >= 11 is 0. The van der Waals surface area contributed by atoms with Gasteiger partial charge in [-0.25, -0.2) is 4.79 Å². The molecule has 5 nitrogen and oxygen atoms in total. The highest BCUT2D eigenvalue weighted by Gasteiger charge is 2.18. The number of rotatable bonds is 4. The van der Waals surface area contributed by atoms with E-state index in [9.17, 15) is 4.79 Å². The van der Waals surface area contributed by atoms with Crippen molar-refractivity contribution in [3.05, 3.63) is 11.3 Å². The van der Waals surface area contributed by atoms with E-state index in [1.807, 2.05) is 20.8 Å². The van der Waals surface area contributed by atoms with Crippen LogP contribution in [0.15, 0.2) is 0 Å². The van der Waals surface area contributed by atoms with E-state index in [0.717, 1.165) is 0 Å². The summed E-state index contributed by atoms with van der Waals surface area (Å²) in [7, 11) is 0. The molecule has 0 radical (unpaired) electrons. The Morgan fingerprint density at radius 3 is 2.71 bits per heavy atom. The van der Waals surface area contributed by atoms with Crippen LogP contribution in [0.25, 0.3) is 0 Å². The van der Waals surface area contributed by atoms with Gasteiger partial charge in [-0.15, -0.1) is 5.10 Å². The van der Waals surface area contributed by atoms with Crippen molar-refractivity contribution in [3.8, 4) is 5.88 Å². The van der Waals surface area contributed by atoms with Gasteiger partial charge in [0, 0.05) is 5.56 Å². The summed E-state index contributed by atoms with van der Waals surface area (Å²) in [4.78, 5) is 10.8. The maximum atomic E-state index is 10.8. The van der Waals surface area contributed by atoms with E-state index in [4.69, 9.17) is 9.84 Å². The first-order valence-corrected chi connectivity index (χ1v) is 4.53. The van der Waals surface area contributed by atoms with Crippen molar-refractivity contribution < 1.29 is 14.6 Å². The molecule has 0 saturated carbocycles. The molecule has 2 N–H and O–H groups in total. The molecule has 0 atom stereocenters. The number of ether oxygens (including phenoxy) is 1. The van der Waals surface area contributed by atoms with Crippen molar-refractivity contribution in [1.29, 1.82) is 0 Å². The van der Waals surface area contributed by atoms with Gasteiger partial charge in [0.2, 0.25) is 5.88 Å². The van der Waals surface area contributed by atoms with Gasteiger partial charge in [0.25, 0.3) is 0 Å². The van der Waals surface area contributed by atoms with Crippen molar-refractivity contribution in [3.63, 3.8) is 0 Å². The number of carboxylic acids is 1. The number of aromatic amines is 1.